The van der Waals surface area contributed by atoms with E-state index in [1.165, 1.54) is 12.8 Å². The summed E-state index contributed by atoms with van der Waals surface area (Å²) in [5.41, 5.74) is 0. The summed E-state index contributed by atoms with van der Waals surface area (Å²) in [4.78, 5) is 17.0. The Morgan fingerprint density at radius 3 is 2.88 bits per heavy atom. The Labute approximate surface area is 108 Å². The molecule has 0 N–H and O–H groups in total. The van der Waals surface area contributed by atoms with Crippen molar-refractivity contribution in [3.05, 3.63) is 22.9 Å². The van der Waals surface area contributed by atoms with E-state index in [1.54, 1.807) is 24.2 Å². The van der Waals surface area contributed by atoms with E-state index in [1.807, 2.05) is 6.07 Å². The molecule has 16 heavy (non-hydrogen) atoms. The third-order valence-electron chi connectivity index (χ3n) is 2.87. The first-order valence-electron chi connectivity index (χ1n) is 5.52. The predicted molar refractivity (Wildman–Crippen MR) is 69.6 cm³/mol. The van der Waals surface area contributed by atoms with Crippen LogP contribution in [0.15, 0.2) is 27.8 Å². The van der Waals surface area contributed by atoms with Crippen molar-refractivity contribution in [3.8, 4) is 0 Å². The normalized spacial score (nSPS) is 16.6. The summed E-state index contributed by atoms with van der Waals surface area (Å²) < 4.78 is 0.964. The molecule has 0 aromatic carbocycles. The van der Waals surface area contributed by atoms with Crippen molar-refractivity contribution in [2.24, 2.45) is 5.92 Å². The van der Waals surface area contributed by atoms with E-state index in [4.69, 9.17) is 0 Å². The highest BCUT2D eigenvalue weighted by Gasteiger charge is 2.22. The van der Waals surface area contributed by atoms with Crippen molar-refractivity contribution in [1.29, 1.82) is 0 Å². The van der Waals surface area contributed by atoms with Gasteiger partial charge in [0.15, 0.2) is 0 Å². The minimum Gasteiger partial charge on any atom is -0.298 e. The SMILES string of the molecule is O=C(CSc1cncc(Br)c1)C1CCCC1. The zero-order chi connectivity index (χ0) is 11.4. The first-order valence-corrected chi connectivity index (χ1v) is 7.29. The van der Waals surface area contributed by atoms with Gasteiger partial charge in [-0.2, -0.15) is 0 Å². The molecule has 1 aromatic rings. The molecule has 1 aliphatic carbocycles. The Morgan fingerprint density at radius 2 is 2.19 bits per heavy atom. The molecule has 4 heteroatoms. The largest absolute Gasteiger partial charge is 0.298 e. The summed E-state index contributed by atoms with van der Waals surface area (Å²) in [7, 11) is 0. The molecule has 1 heterocycles. The smallest absolute Gasteiger partial charge is 0.146 e. The monoisotopic (exact) mass is 299 g/mol. The van der Waals surface area contributed by atoms with Gasteiger partial charge in [0, 0.05) is 27.7 Å². The fourth-order valence-electron chi connectivity index (χ4n) is 1.99. The van der Waals surface area contributed by atoms with E-state index in [2.05, 4.69) is 20.9 Å². The number of halogens is 1. The molecule has 1 saturated carbocycles. The second-order valence-electron chi connectivity index (χ2n) is 4.08. The fourth-order valence-corrected chi connectivity index (χ4v) is 3.40. The van der Waals surface area contributed by atoms with Gasteiger partial charge < -0.3 is 0 Å². The second-order valence-corrected chi connectivity index (χ2v) is 6.04. The van der Waals surface area contributed by atoms with Crippen LogP contribution in [-0.2, 0) is 4.79 Å². The highest BCUT2D eigenvalue weighted by atomic mass is 79.9. The quantitative estimate of drug-likeness (QED) is 0.794. The van der Waals surface area contributed by atoms with Crippen LogP contribution in [-0.4, -0.2) is 16.5 Å². The van der Waals surface area contributed by atoms with Gasteiger partial charge in [0.1, 0.15) is 5.78 Å². The molecular formula is C12H14BrNOS. The number of nitrogens with zero attached hydrogens (tertiary/aromatic N) is 1. The van der Waals surface area contributed by atoms with Gasteiger partial charge in [0.25, 0.3) is 0 Å². The predicted octanol–water partition coefficient (Wildman–Crippen LogP) is 3.70. The molecule has 0 radical (unpaired) electrons. The summed E-state index contributed by atoms with van der Waals surface area (Å²) in [5, 5.41) is 0. The van der Waals surface area contributed by atoms with E-state index in [0.717, 1.165) is 22.2 Å². The van der Waals surface area contributed by atoms with Gasteiger partial charge in [0.2, 0.25) is 0 Å². The highest BCUT2D eigenvalue weighted by molar-refractivity contribution is 9.10. The van der Waals surface area contributed by atoms with E-state index < -0.39 is 0 Å². The summed E-state index contributed by atoms with van der Waals surface area (Å²) in [6.45, 7) is 0. The first-order chi connectivity index (χ1) is 7.75. The standard InChI is InChI=1S/C12H14BrNOS/c13-10-5-11(7-14-6-10)16-8-12(15)9-3-1-2-4-9/h5-7,9H,1-4,8H2. The zero-order valence-electron chi connectivity index (χ0n) is 8.99. The zero-order valence-corrected chi connectivity index (χ0v) is 11.4. The van der Waals surface area contributed by atoms with Crippen molar-refractivity contribution >= 4 is 33.5 Å². The molecule has 1 aliphatic rings. The number of carbonyl (C=O) groups is 1. The van der Waals surface area contributed by atoms with Crippen molar-refractivity contribution in [2.75, 3.05) is 5.75 Å². The number of carbonyl (C=O) groups excluding carboxylic acids is 1. The number of rotatable bonds is 4. The van der Waals surface area contributed by atoms with Gasteiger partial charge in [-0.1, -0.05) is 12.8 Å². The lowest BCUT2D eigenvalue weighted by Gasteiger charge is -2.07. The molecular weight excluding hydrogens is 286 g/mol. The molecule has 0 atom stereocenters. The molecule has 2 nitrogen and oxygen atoms in total. The summed E-state index contributed by atoms with van der Waals surface area (Å²) in [6.07, 6.45) is 8.19. The third-order valence-corrected chi connectivity index (χ3v) is 4.29. The number of hydrogen-bond acceptors (Lipinski definition) is 3. The minimum absolute atomic E-state index is 0.326. The van der Waals surface area contributed by atoms with Gasteiger partial charge in [-0.3, -0.25) is 9.78 Å². The summed E-state index contributed by atoms with van der Waals surface area (Å²) in [6, 6.07) is 2.00. The Balaban J connectivity index is 1.84. The van der Waals surface area contributed by atoms with Crippen LogP contribution < -0.4 is 0 Å². The number of Topliss-reactive ketones (excluding diaryl/α,β-unsaturated/α-hetero) is 1. The lowest BCUT2D eigenvalue weighted by Crippen LogP contribution is -2.12. The minimum atomic E-state index is 0.326. The summed E-state index contributed by atoms with van der Waals surface area (Å²) in [5.74, 6) is 1.32. The molecule has 0 saturated heterocycles. The van der Waals surface area contributed by atoms with Crippen molar-refractivity contribution < 1.29 is 4.79 Å². The molecule has 1 aromatic heterocycles. The topological polar surface area (TPSA) is 30.0 Å². The molecule has 1 fully saturated rings. The second kappa shape index (κ2) is 5.82. The van der Waals surface area contributed by atoms with E-state index in [-0.39, 0.29) is 0 Å². The van der Waals surface area contributed by atoms with Gasteiger partial charge in [-0.25, -0.2) is 0 Å². The number of hydrogen-bond donors (Lipinski definition) is 0. The van der Waals surface area contributed by atoms with E-state index in [0.29, 0.717) is 17.5 Å². The summed E-state index contributed by atoms with van der Waals surface area (Å²) >= 11 is 4.96. The molecule has 0 bridgehead atoms. The third kappa shape index (κ3) is 3.32. The van der Waals surface area contributed by atoms with Gasteiger partial charge >= 0.3 is 0 Å². The average molecular weight is 300 g/mol. The fraction of sp³-hybridized carbons (Fsp3) is 0.500. The maximum Gasteiger partial charge on any atom is 0.146 e. The van der Waals surface area contributed by atoms with Crippen LogP contribution >= 0.6 is 27.7 Å². The molecule has 0 amide bonds. The Bertz CT molecular complexity index is 377. The molecule has 0 aliphatic heterocycles. The van der Waals surface area contributed by atoms with Crippen LogP contribution in [0.3, 0.4) is 0 Å². The molecule has 0 unspecified atom stereocenters. The van der Waals surface area contributed by atoms with E-state index in [9.17, 15) is 4.79 Å². The number of ketones is 1. The average Bonchev–Trinajstić information content (AvgIpc) is 2.79. The van der Waals surface area contributed by atoms with Crippen LogP contribution in [0.4, 0.5) is 0 Å². The molecule has 86 valence electrons. The van der Waals surface area contributed by atoms with Crippen molar-refractivity contribution in [1.82, 2.24) is 4.98 Å². The Hall–Kier alpha value is -0.350. The highest BCUT2D eigenvalue weighted by Crippen LogP contribution is 2.28. The van der Waals surface area contributed by atoms with E-state index >= 15 is 0 Å². The maximum atomic E-state index is 11.9. The number of aromatic nitrogens is 1. The Morgan fingerprint density at radius 1 is 1.44 bits per heavy atom. The molecule has 0 spiro atoms. The van der Waals surface area contributed by atoms with Crippen LogP contribution in [0.5, 0.6) is 0 Å². The lowest BCUT2D eigenvalue weighted by molar-refractivity contribution is -0.120. The van der Waals surface area contributed by atoms with Crippen LogP contribution in [0.25, 0.3) is 0 Å². The lowest BCUT2D eigenvalue weighted by atomic mass is 10.0. The maximum absolute atomic E-state index is 11.9. The van der Waals surface area contributed by atoms with Gasteiger partial charge in [-0.15, -0.1) is 11.8 Å². The van der Waals surface area contributed by atoms with Crippen molar-refractivity contribution in [3.63, 3.8) is 0 Å². The van der Waals surface area contributed by atoms with Gasteiger partial charge in [-0.05, 0) is 34.8 Å². The van der Waals surface area contributed by atoms with Crippen LogP contribution in [0.2, 0.25) is 0 Å². The first kappa shape index (κ1) is 12.1. The van der Waals surface area contributed by atoms with Crippen molar-refractivity contribution in [2.45, 2.75) is 30.6 Å². The van der Waals surface area contributed by atoms with Gasteiger partial charge in [0.05, 0.1) is 5.75 Å². The number of pyridine rings is 1. The number of thioether (sulfide) groups is 1. The van der Waals surface area contributed by atoms with Crippen LogP contribution in [0, 0.1) is 5.92 Å². The molecule has 2 rings (SSSR count). The van der Waals surface area contributed by atoms with Crippen LogP contribution in [0.1, 0.15) is 25.7 Å². The Kier molecular flexibility index (Phi) is 4.41.